The maximum atomic E-state index is 10.9. The molecule has 0 amide bonds. The summed E-state index contributed by atoms with van der Waals surface area (Å²) in [6.45, 7) is 0. The van der Waals surface area contributed by atoms with Crippen molar-refractivity contribution in [3.8, 4) is 11.6 Å². The molecule has 0 saturated heterocycles. The van der Waals surface area contributed by atoms with Gasteiger partial charge < -0.3 is 14.7 Å². The van der Waals surface area contributed by atoms with Crippen LogP contribution in [0.15, 0.2) is 18.3 Å². The molecule has 0 aliphatic heterocycles. The number of rotatable bonds is 2. The fourth-order valence-electron chi connectivity index (χ4n) is 0.728. The first-order valence-corrected chi connectivity index (χ1v) is 3.09. The van der Waals surface area contributed by atoms with Gasteiger partial charge in [-0.1, -0.05) is 0 Å². The summed E-state index contributed by atoms with van der Waals surface area (Å²) in [4.78, 5) is 0. The molecule has 0 unspecified atom stereocenters. The van der Waals surface area contributed by atoms with Crippen molar-refractivity contribution in [1.29, 1.82) is 0 Å². The summed E-state index contributed by atoms with van der Waals surface area (Å²) >= 11 is 0. The molecule has 0 bridgehead atoms. The highest BCUT2D eigenvalue weighted by atomic mass is 16.5. The van der Waals surface area contributed by atoms with E-state index >= 15 is 0 Å². The van der Waals surface area contributed by atoms with Gasteiger partial charge in [0.1, 0.15) is 0 Å². The minimum absolute atomic E-state index is 0.255. The van der Waals surface area contributed by atoms with E-state index in [0.717, 1.165) is 0 Å². The highest BCUT2D eigenvalue weighted by Crippen LogP contribution is 2.09. The Bertz CT molecular complexity index is 249. The molecular weight excluding hydrogens is 146 g/mol. The molecule has 1 aromatic heterocycles. The number of pyridine rings is 1. The van der Waals surface area contributed by atoms with Crippen molar-refractivity contribution in [2.75, 3.05) is 14.2 Å². The van der Waals surface area contributed by atoms with Gasteiger partial charge in [-0.15, -0.1) is 4.73 Å². The van der Waals surface area contributed by atoms with Crippen molar-refractivity contribution in [2.24, 2.45) is 0 Å². The first kappa shape index (κ1) is 7.65. The Morgan fingerprint density at radius 3 is 2.45 bits per heavy atom. The van der Waals surface area contributed by atoms with Crippen LogP contribution in [0, 0.1) is 5.21 Å². The van der Waals surface area contributed by atoms with Crippen LogP contribution in [0.2, 0.25) is 0 Å². The van der Waals surface area contributed by atoms with Crippen LogP contribution in [0.3, 0.4) is 0 Å². The van der Waals surface area contributed by atoms with Gasteiger partial charge in [0, 0.05) is 0 Å². The normalized spacial score (nSPS) is 9.27. The van der Waals surface area contributed by atoms with Crippen LogP contribution in [-0.2, 0) is 0 Å². The Morgan fingerprint density at radius 2 is 2.00 bits per heavy atom. The molecule has 0 aromatic carbocycles. The van der Waals surface area contributed by atoms with Crippen LogP contribution in [0.4, 0.5) is 0 Å². The molecule has 4 nitrogen and oxygen atoms in total. The van der Waals surface area contributed by atoms with Gasteiger partial charge in [-0.25, -0.2) is 0 Å². The third-order valence-electron chi connectivity index (χ3n) is 1.30. The van der Waals surface area contributed by atoms with E-state index in [1.165, 1.54) is 20.4 Å². The van der Waals surface area contributed by atoms with Gasteiger partial charge in [0.05, 0.1) is 20.3 Å². The fraction of sp³-hybridized carbons (Fsp3) is 0.286. The largest absolute Gasteiger partial charge is 0.616 e. The molecule has 1 rings (SSSR count). The van der Waals surface area contributed by atoms with Crippen molar-refractivity contribution >= 4 is 0 Å². The lowest BCUT2D eigenvalue weighted by Gasteiger charge is -2.03. The van der Waals surface area contributed by atoms with Crippen LogP contribution in [0.25, 0.3) is 0 Å². The van der Waals surface area contributed by atoms with E-state index in [-0.39, 0.29) is 5.88 Å². The van der Waals surface area contributed by atoms with E-state index in [4.69, 9.17) is 9.47 Å². The summed E-state index contributed by atoms with van der Waals surface area (Å²) in [6, 6.07) is 3.21. The van der Waals surface area contributed by atoms with Gasteiger partial charge in [0.2, 0.25) is 6.20 Å². The van der Waals surface area contributed by atoms with E-state index in [0.29, 0.717) is 10.5 Å². The van der Waals surface area contributed by atoms with E-state index in [1.807, 2.05) is 0 Å². The van der Waals surface area contributed by atoms with Gasteiger partial charge in [0.25, 0.3) is 0 Å². The van der Waals surface area contributed by atoms with E-state index in [9.17, 15) is 5.21 Å². The monoisotopic (exact) mass is 155 g/mol. The van der Waals surface area contributed by atoms with Gasteiger partial charge in [-0.05, 0) is 6.07 Å². The molecule has 0 spiro atoms. The third kappa shape index (κ3) is 1.52. The molecular formula is C7H9NO3. The summed E-state index contributed by atoms with van der Waals surface area (Å²) in [6.07, 6.45) is 1.30. The second kappa shape index (κ2) is 3.09. The van der Waals surface area contributed by atoms with Crippen molar-refractivity contribution in [1.82, 2.24) is 0 Å². The molecule has 0 fully saturated rings. The summed E-state index contributed by atoms with van der Waals surface area (Å²) < 4.78 is 10.2. The molecule has 1 aromatic rings. The lowest BCUT2D eigenvalue weighted by Crippen LogP contribution is -2.27. The number of aromatic nitrogens is 1. The van der Waals surface area contributed by atoms with Gasteiger partial charge in [-0.3, -0.25) is 0 Å². The summed E-state index contributed by atoms with van der Waals surface area (Å²) in [5, 5.41) is 10.9. The standard InChI is InChI=1S/C7H9NO3/c1-10-6-3-4-7(11-2)8(9)5-6/h3-5H,1-2H3. The molecule has 0 aliphatic rings. The third-order valence-corrected chi connectivity index (χ3v) is 1.30. The first-order chi connectivity index (χ1) is 5.27. The predicted molar refractivity (Wildman–Crippen MR) is 38.5 cm³/mol. The maximum absolute atomic E-state index is 10.9. The SMILES string of the molecule is COc1ccc(OC)[n+]([O-])c1. The summed E-state index contributed by atoms with van der Waals surface area (Å²) in [5.41, 5.74) is 0. The van der Waals surface area contributed by atoms with Crippen LogP contribution >= 0.6 is 0 Å². The zero-order valence-electron chi connectivity index (χ0n) is 6.40. The lowest BCUT2D eigenvalue weighted by atomic mass is 10.4. The minimum atomic E-state index is 0.255. The van der Waals surface area contributed by atoms with Crippen LogP contribution in [0.5, 0.6) is 11.6 Å². The van der Waals surface area contributed by atoms with Gasteiger partial charge in [-0.2, -0.15) is 0 Å². The highest BCUT2D eigenvalue weighted by Gasteiger charge is 2.04. The molecule has 1 heterocycles. The Balaban J connectivity index is 2.99. The van der Waals surface area contributed by atoms with Crippen molar-refractivity contribution in [3.05, 3.63) is 23.5 Å². The molecule has 60 valence electrons. The molecule has 0 saturated carbocycles. The topological polar surface area (TPSA) is 45.4 Å². The maximum Gasteiger partial charge on any atom is 0.379 e. The smallest absolute Gasteiger partial charge is 0.379 e. The Morgan fingerprint density at radius 1 is 1.27 bits per heavy atom. The summed E-state index contributed by atoms with van der Waals surface area (Å²) in [5.74, 6) is 0.770. The van der Waals surface area contributed by atoms with Crippen LogP contribution < -0.4 is 14.2 Å². The zero-order valence-corrected chi connectivity index (χ0v) is 6.40. The average molecular weight is 155 g/mol. The molecule has 0 radical (unpaired) electrons. The number of nitrogens with zero attached hydrogens (tertiary/aromatic N) is 1. The number of methoxy groups -OCH3 is 2. The van der Waals surface area contributed by atoms with Crippen molar-refractivity contribution < 1.29 is 14.2 Å². The lowest BCUT2D eigenvalue weighted by molar-refractivity contribution is -0.612. The van der Waals surface area contributed by atoms with E-state index in [2.05, 4.69) is 0 Å². The quantitative estimate of drug-likeness (QED) is 0.457. The number of hydrogen-bond acceptors (Lipinski definition) is 3. The molecule has 0 aliphatic carbocycles. The highest BCUT2D eigenvalue weighted by molar-refractivity contribution is 5.17. The Kier molecular flexibility index (Phi) is 2.15. The minimum Gasteiger partial charge on any atom is -0.616 e. The predicted octanol–water partition coefficient (Wildman–Crippen LogP) is 0.337. The number of hydrogen-bond donors (Lipinski definition) is 0. The summed E-state index contributed by atoms with van der Waals surface area (Å²) in [7, 11) is 2.94. The van der Waals surface area contributed by atoms with Gasteiger partial charge >= 0.3 is 5.88 Å². The Hall–Kier alpha value is -1.45. The second-order valence-electron chi connectivity index (χ2n) is 1.94. The fourth-order valence-corrected chi connectivity index (χ4v) is 0.728. The van der Waals surface area contributed by atoms with Crippen LogP contribution in [-0.4, -0.2) is 14.2 Å². The molecule has 0 N–H and O–H groups in total. The molecule has 4 heteroatoms. The number of ether oxygens (including phenoxy) is 2. The molecule has 0 atom stereocenters. The van der Waals surface area contributed by atoms with Gasteiger partial charge in [0.15, 0.2) is 5.75 Å². The Labute approximate surface area is 64.6 Å². The second-order valence-corrected chi connectivity index (χ2v) is 1.94. The molecule has 11 heavy (non-hydrogen) atoms. The first-order valence-electron chi connectivity index (χ1n) is 3.09. The average Bonchev–Trinajstić information content (AvgIpc) is 2.04. The van der Waals surface area contributed by atoms with Crippen molar-refractivity contribution in [3.63, 3.8) is 0 Å². The van der Waals surface area contributed by atoms with E-state index < -0.39 is 0 Å². The van der Waals surface area contributed by atoms with E-state index in [1.54, 1.807) is 12.1 Å². The zero-order chi connectivity index (χ0) is 8.27. The van der Waals surface area contributed by atoms with Crippen molar-refractivity contribution in [2.45, 2.75) is 0 Å². The van der Waals surface area contributed by atoms with Crippen LogP contribution in [0.1, 0.15) is 0 Å².